The highest BCUT2D eigenvalue weighted by Gasteiger charge is 2.21. The molecule has 0 fully saturated rings. The number of hydrogen-bond donors (Lipinski definition) is 1. The Morgan fingerprint density at radius 3 is 2.53 bits per heavy atom. The number of nitrogens with one attached hydrogen (secondary N) is 1. The van der Waals surface area contributed by atoms with Gasteiger partial charge in [-0.2, -0.15) is 11.8 Å². The third-order valence-electron chi connectivity index (χ3n) is 4.35. The van der Waals surface area contributed by atoms with Crippen molar-refractivity contribution in [3.05, 3.63) is 84.7 Å². The largest absolute Gasteiger partial charge is 0.326 e. The molecule has 0 atom stereocenters. The van der Waals surface area contributed by atoms with E-state index in [0.717, 1.165) is 11.4 Å². The lowest BCUT2D eigenvalue weighted by atomic mass is 10.3. The zero-order chi connectivity index (χ0) is 21.4. The van der Waals surface area contributed by atoms with Gasteiger partial charge in [-0.3, -0.25) is 14.1 Å². The van der Waals surface area contributed by atoms with Gasteiger partial charge in [0.1, 0.15) is 0 Å². The Labute approximate surface area is 181 Å². The van der Waals surface area contributed by atoms with Crippen molar-refractivity contribution in [2.75, 3.05) is 22.4 Å². The predicted molar refractivity (Wildman–Crippen MR) is 122 cm³/mol. The molecule has 30 heavy (non-hydrogen) atoms. The standard InChI is InChI=1S/C22H23N3O3S2/c1-25(20-10-3-2-4-11-20)30(27,28)21-12-7-9-18(16-21)24-22(26)13-15-29-17-19-8-5-6-14-23-19/h2-12,14,16H,13,15,17H2,1H3,(H,24,26). The zero-order valence-electron chi connectivity index (χ0n) is 16.6. The summed E-state index contributed by atoms with van der Waals surface area (Å²) < 4.78 is 27.1. The summed E-state index contributed by atoms with van der Waals surface area (Å²) in [6, 6.07) is 20.9. The smallest absolute Gasteiger partial charge is 0.264 e. The SMILES string of the molecule is CN(c1ccccc1)S(=O)(=O)c1cccc(NC(=O)CCSCc2ccccn2)c1. The number of pyridine rings is 1. The number of rotatable bonds is 9. The number of hydrogen-bond acceptors (Lipinski definition) is 5. The van der Waals surface area contributed by atoms with Crippen LogP contribution in [-0.2, 0) is 20.6 Å². The molecule has 0 aliphatic heterocycles. The van der Waals surface area contributed by atoms with Gasteiger partial charge in [0.2, 0.25) is 5.91 Å². The lowest BCUT2D eigenvalue weighted by Gasteiger charge is -2.19. The monoisotopic (exact) mass is 441 g/mol. The van der Waals surface area contributed by atoms with Gasteiger partial charge in [-0.25, -0.2) is 8.42 Å². The summed E-state index contributed by atoms with van der Waals surface area (Å²) in [4.78, 5) is 16.6. The first-order chi connectivity index (χ1) is 14.5. The average molecular weight is 442 g/mol. The highest BCUT2D eigenvalue weighted by atomic mass is 32.2. The molecule has 0 aliphatic carbocycles. The second-order valence-corrected chi connectivity index (χ2v) is 9.58. The lowest BCUT2D eigenvalue weighted by molar-refractivity contribution is -0.115. The van der Waals surface area contributed by atoms with Crippen molar-refractivity contribution < 1.29 is 13.2 Å². The van der Waals surface area contributed by atoms with Crippen LogP contribution >= 0.6 is 11.8 Å². The average Bonchev–Trinajstić information content (AvgIpc) is 2.77. The number of sulfonamides is 1. The first-order valence-corrected chi connectivity index (χ1v) is 12.0. The summed E-state index contributed by atoms with van der Waals surface area (Å²) in [5.74, 6) is 1.24. The van der Waals surface area contributed by atoms with Gasteiger partial charge in [0.15, 0.2) is 0 Å². The van der Waals surface area contributed by atoms with E-state index >= 15 is 0 Å². The van der Waals surface area contributed by atoms with Crippen LogP contribution in [0.3, 0.4) is 0 Å². The van der Waals surface area contributed by atoms with Crippen LogP contribution in [0.25, 0.3) is 0 Å². The molecule has 1 amide bonds. The number of para-hydroxylation sites is 1. The first kappa shape index (κ1) is 21.9. The lowest BCUT2D eigenvalue weighted by Crippen LogP contribution is -2.26. The number of thioether (sulfide) groups is 1. The predicted octanol–water partition coefficient (Wildman–Crippen LogP) is 4.17. The van der Waals surface area contributed by atoms with Crippen molar-refractivity contribution >= 4 is 39.1 Å². The molecule has 0 bridgehead atoms. The second-order valence-electron chi connectivity index (χ2n) is 6.51. The Hall–Kier alpha value is -2.84. The van der Waals surface area contributed by atoms with Gasteiger partial charge in [0.05, 0.1) is 16.3 Å². The van der Waals surface area contributed by atoms with E-state index in [1.54, 1.807) is 54.4 Å². The third kappa shape index (κ3) is 5.84. The summed E-state index contributed by atoms with van der Waals surface area (Å²) in [7, 11) is -2.22. The van der Waals surface area contributed by atoms with E-state index in [1.165, 1.54) is 23.5 Å². The Bertz CT molecular complexity index is 1080. The Morgan fingerprint density at radius 2 is 1.80 bits per heavy atom. The topological polar surface area (TPSA) is 79.4 Å². The van der Waals surface area contributed by atoms with Gasteiger partial charge in [-0.1, -0.05) is 30.3 Å². The van der Waals surface area contributed by atoms with Crippen molar-refractivity contribution in [2.24, 2.45) is 0 Å². The molecule has 0 radical (unpaired) electrons. The normalized spacial score (nSPS) is 11.1. The first-order valence-electron chi connectivity index (χ1n) is 9.38. The molecular weight excluding hydrogens is 418 g/mol. The van der Waals surface area contributed by atoms with Gasteiger partial charge >= 0.3 is 0 Å². The molecule has 0 aliphatic rings. The van der Waals surface area contributed by atoms with Crippen molar-refractivity contribution in [3.8, 4) is 0 Å². The van der Waals surface area contributed by atoms with E-state index in [1.807, 2.05) is 24.3 Å². The van der Waals surface area contributed by atoms with Crippen LogP contribution < -0.4 is 9.62 Å². The minimum absolute atomic E-state index is 0.121. The van der Waals surface area contributed by atoms with Crippen molar-refractivity contribution in [2.45, 2.75) is 17.1 Å². The van der Waals surface area contributed by atoms with Gasteiger partial charge in [0, 0.05) is 36.9 Å². The highest BCUT2D eigenvalue weighted by molar-refractivity contribution is 7.98. The molecule has 0 unspecified atom stereocenters. The second kappa shape index (κ2) is 10.3. The molecule has 8 heteroatoms. The van der Waals surface area contributed by atoms with Crippen LogP contribution in [0.1, 0.15) is 12.1 Å². The molecular formula is C22H23N3O3S2. The molecule has 1 aromatic heterocycles. The van der Waals surface area contributed by atoms with Gasteiger partial charge in [-0.05, 0) is 42.5 Å². The van der Waals surface area contributed by atoms with Crippen molar-refractivity contribution in [1.82, 2.24) is 4.98 Å². The summed E-state index contributed by atoms with van der Waals surface area (Å²) in [6.07, 6.45) is 2.08. The molecule has 2 aromatic carbocycles. The molecule has 3 rings (SSSR count). The summed E-state index contributed by atoms with van der Waals surface area (Å²) in [5.41, 5.74) is 2.00. The van der Waals surface area contributed by atoms with E-state index < -0.39 is 10.0 Å². The molecule has 1 N–H and O–H groups in total. The minimum atomic E-state index is -3.73. The Balaban J connectivity index is 1.57. The maximum absolute atomic E-state index is 12.9. The number of benzene rings is 2. The van der Waals surface area contributed by atoms with E-state index in [2.05, 4.69) is 10.3 Å². The quantitative estimate of drug-likeness (QED) is 0.504. The number of carbonyl (C=O) groups excluding carboxylic acids is 1. The van der Waals surface area contributed by atoms with E-state index in [9.17, 15) is 13.2 Å². The van der Waals surface area contributed by atoms with Gasteiger partial charge in [0.25, 0.3) is 10.0 Å². The third-order valence-corrected chi connectivity index (χ3v) is 7.12. The van der Waals surface area contributed by atoms with E-state index in [4.69, 9.17) is 0 Å². The van der Waals surface area contributed by atoms with E-state index in [-0.39, 0.29) is 10.8 Å². The molecule has 156 valence electrons. The van der Waals surface area contributed by atoms with E-state index in [0.29, 0.717) is 23.5 Å². The number of nitrogens with zero attached hydrogens (tertiary/aromatic N) is 2. The number of anilines is 2. The molecule has 6 nitrogen and oxygen atoms in total. The number of aromatic nitrogens is 1. The summed E-state index contributed by atoms with van der Waals surface area (Å²) >= 11 is 1.63. The molecule has 0 spiro atoms. The van der Waals surface area contributed by atoms with Crippen LogP contribution in [0.2, 0.25) is 0 Å². The van der Waals surface area contributed by atoms with Crippen LogP contribution in [0, 0.1) is 0 Å². The fourth-order valence-electron chi connectivity index (χ4n) is 2.72. The molecule has 0 saturated carbocycles. The van der Waals surface area contributed by atoms with Gasteiger partial charge in [-0.15, -0.1) is 0 Å². The van der Waals surface area contributed by atoms with Crippen molar-refractivity contribution in [1.29, 1.82) is 0 Å². The Morgan fingerprint density at radius 1 is 1.03 bits per heavy atom. The molecule has 0 saturated heterocycles. The highest BCUT2D eigenvalue weighted by Crippen LogP contribution is 2.23. The van der Waals surface area contributed by atoms with Crippen LogP contribution in [0.15, 0.2) is 83.9 Å². The fraction of sp³-hybridized carbons (Fsp3) is 0.182. The Kier molecular flexibility index (Phi) is 7.48. The zero-order valence-corrected chi connectivity index (χ0v) is 18.2. The maximum atomic E-state index is 12.9. The van der Waals surface area contributed by atoms with Crippen molar-refractivity contribution in [3.63, 3.8) is 0 Å². The molecule has 1 heterocycles. The minimum Gasteiger partial charge on any atom is -0.326 e. The van der Waals surface area contributed by atoms with Crippen LogP contribution in [-0.4, -0.2) is 32.1 Å². The fourth-order valence-corrected chi connectivity index (χ4v) is 4.81. The number of amides is 1. The van der Waals surface area contributed by atoms with Crippen LogP contribution in [0.4, 0.5) is 11.4 Å². The maximum Gasteiger partial charge on any atom is 0.264 e. The molecule has 3 aromatic rings. The summed E-state index contributed by atoms with van der Waals surface area (Å²) in [5, 5.41) is 2.78. The number of carbonyl (C=O) groups is 1. The van der Waals surface area contributed by atoms with Gasteiger partial charge < -0.3 is 5.32 Å². The summed E-state index contributed by atoms with van der Waals surface area (Å²) in [6.45, 7) is 0. The van der Waals surface area contributed by atoms with Crippen LogP contribution in [0.5, 0.6) is 0 Å².